The number of halogens is 1. The number of fused-ring (bicyclic) bond motifs is 1. The van der Waals surface area contributed by atoms with Crippen molar-refractivity contribution in [1.82, 2.24) is 9.97 Å². The summed E-state index contributed by atoms with van der Waals surface area (Å²) in [7, 11) is 0. The van der Waals surface area contributed by atoms with E-state index >= 15 is 0 Å². The highest BCUT2D eigenvalue weighted by Gasteiger charge is 2.21. The van der Waals surface area contributed by atoms with Crippen molar-refractivity contribution < 1.29 is 0 Å². The van der Waals surface area contributed by atoms with Crippen LogP contribution in [-0.4, -0.2) is 28.4 Å². The largest absolute Gasteiger partial charge is 0.354 e. The van der Waals surface area contributed by atoms with Gasteiger partial charge in [0.2, 0.25) is 0 Å². The molecule has 3 rings (SSSR count). The average molecular weight is 268 g/mol. The molecule has 0 N–H and O–H groups in total. The molecule has 0 amide bonds. The topological polar surface area (TPSA) is 29.0 Å². The molecule has 0 aliphatic carbocycles. The van der Waals surface area contributed by atoms with E-state index in [4.69, 9.17) is 11.6 Å². The van der Waals surface area contributed by atoms with Gasteiger partial charge in [-0.1, -0.05) is 0 Å². The van der Waals surface area contributed by atoms with Gasteiger partial charge in [-0.15, -0.1) is 22.9 Å². The smallest absolute Gasteiger partial charge is 0.140 e. The molecule has 1 saturated heterocycles. The molecule has 3 heterocycles. The summed E-state index contributed by atoms with van der Waals surface area (Å²) in [5.41, 5.74) is 0. The van der Waals surface area contributed by atoms with Crippen LogP contribution in [-0.2, 0) is 0 Å². The van der Waals surface area contributed by atoms with Crippen molar-refractivity contribution in [3.63, 3.8) is 0 Å². The van der Waals surface area contributed by atoms with Gasteiger partial charge in [0.15, 0.2) is 0 Å². The maximum absolute atomic E-state index is 6.24. The van der Waals surface area contributed by atoms with Crippen LogP contribution in [0.2, 0.25) is 0 Å². The van der Waals surface area contributed by atoms with E-state index in [1.54, 1.807) is 17.7 Å². The van der Waals surface area contributed by atoms with E-state index in [0.29, 0.717) is 0 Å². The number of aromatic nitrogens is 2. The zero-order valence-corrected chi connectivity index (χ0v) is 11.3. The third-order valence-electron chi connectivity index (χ3n) is 3.09. The SMILES string of the molecule is Cc1cc2c(N3CCCC(Cl)C3)ncnc2s1. The van der Waals surface area contributed by atoms with Crippen LogP contribution >= 0.6 is 22.9 Å². The number of alkyl halides is 1. The molecule has 2 aromatic rings. The van der Waals surface area contributed by atoms with Crippen LogP contribution in [0.5, 0.6) is 0 Å². The molecular weight excluding hydrogens is 254 g/mol. The van der Waals surface area contributed by atoms with Gasteiger partial charge < -0.3 is 4.90 Å². The van der Waals surface area contributed by atoms with Crippen molar-refractivity contribution in [2.75, 3.05) is 18.0 Å². The Morgan fingerprint density at radius 2 is 2.35 bits per heavy atom. The lowest BCUT2D eigenvalue weighted by Gasteiger charge is -2.30. The number of piperidine rings is 1. The molecule has 1 aliphatic rings. The Morgan fingerprint density at radius 1 is 1.47 bits per heavy atom. The minimum absolute atomic E-state index is 0.244. The monoisotopic (exact) mass is 267 g/mol. The zero-order valence-electron chi connectivity index (χ0n) is 9.69. The summed E-state index contributed by atoms with van der Waals surface area (Å²) in [4.78, 5) is 13.4. The van der Waals surface area contributed by atoms with Gasteiger partial charge in [0, 0.05) is 18.0 Å². The number of anilines is 1. The second kappa shape index (κ2) is 4.42. The molecule has 1 aliphatic heterocycles. The lowest BCUT2D eigenvalue weighted by atomic mass is 10.1. The minimum Gasteiger partial charge on any atom is -0.354 e. The van der Waals surface area contributed by atoms with Gasteiger partial charge in [-0.05, 0) is 25.8 Å². The van der Waals surface area contributed by atoms with Crippen LogP contribution in [0.15, 0.2) is 12.4 Å². The lowest BCUT2D eigenvalue weighted by molar-refractivity contribution is 0.581. The maximum Gasteiger partial charge on any atom is 0.140 e. The summed E-state index contributed by atoms with van der Waals surface area (Å²) in [6.45, 7) is 4.05. The lowest BCUT2D eigenvalue weighted by Crippen LogP contribution is -2.36. The highest BCUT2D eigenvalue weighted by atomic mass is 35.5. The van der Waals surface area contributed by atoms with E-state index in [0.717, 1.165) is 36.6 Å². The third-order valence-corrected chi connectivity index (χ3v) is 4.41. The van der Waals surface area contributed by atoms with Gasteiger partial charge >= 0.3 is 0 Å². The first kappa shape index (κ1) is 11.2. The van der Waals surface area contributed by atoms with Crippen LogP contribution in [0.4, 0.5) is 5.82 Å². The van der Waals surface area contributed by atoms with Crippen molar-refractivity contribution in [3.05, 3.63) is 17.3 Å². The Balaban J connectivity index is 2.04. The molecule has 3 nitrogen and oxygen atoms in total. The summed E-state index contributed by atoms with van der Waals surface area (Å²) < 4.78 is 0. The van der Waals surface area contributed by atoms with E-state index in [1.807, 2.05) is 0 Å². The first-order chi connectivity index (χ1) is 8.24. The Bertz CT molecular complexity index is 540. The van der Waals surface area contributed by atoms with E-state index in [1.165, 1.54) is 10.3 Å². The summed E-state index contributed by atoms with van der Waals surface area (Å²) in [5.74, 6) is 1.05. The molecule has 2 aromatic heterocycles. The second-order valence-corrected chi connectivity index (χ2v) is 6.31. The zero-order chi connectivity index (χ0) is 11.8. The fourth-order valence-electron chi connectivity index (χ4n) is 2.33. The van der Waals surface area contributed by atoms with Crippen LogP contribution < -0.4 is 4.90 Å². The van der Waals surface area contributed by atoms with Gasteiger partial charge in [-0.2, -0.15) is 0 Å². The molecule has 90 valence electrons. The Morgan fingerprint density at radius 3 is 3.18 bits per heavy atom. The number of hydrogen-bond donors (Lipinski definition) is 0. The van der Waals surface area contributed by atoms with E-state index in [2.05, 4.69) is 27.9 Å². The van der Waals surface area contributed by atoms with Gasteiger partial charge in [0.25, 0.3) is 0 Å². The fourth-order valence-corrected chi connectivity index (χ4v) is 3.50. The molecule has 1 atom stereocenters. The van der Waals surface area contributed by atoms with Crippen LogP contribution in [0.3, 0.4) is 0 Å². The van der Waals surface area contributed by atoms with Gasteiger partial charge in [-0.25, -0.2) is 9.97 Å². The Labute approximate surface area is 109 Å². The van der Waals surface area contributed by atoms with Crippen molar-refractivity contribution in [3.8, 4) is 0 Å². The quantitative estimate of drug-likeness (QED) is 0.743. The van der Waals surface area contributed by atoms with Crippen molar-refractivity contribution in [2.24, 2.45) is 0 Å². The molecule has 0 spiro atoms. The second-order valence-electron chi connectivity index (χ2n) is 4.46. The van der Waals surface area contributed by atoms with Crippen molar-refractivity contribution in [2.45, 2.75) is 25.1 Å². The third kappa shape index (κ3) is 2.11. The highest BCUT2D eigenvalue weighted by Crippen LogP contribution is 2.31. The van der Waals surface area contributed by atoms with Crippen molar-refractivity contribution in [1.29, 1.82) is 0 Å². The predicted octanol–water partition coefficient (Wildman–Crippen LogP) is 3.21. The normalized spacial score (nSPS) is 21.1. The molecule has 0 radical (unpaired) electrons. The van der Waals surface area contributed by atoms with E-state index in [-0.39, 0.29) is 5.38 Å². The molecule has 0 bridgehead atoms. The van der Waals surface area contributed by atoms with E-state index < -0.39 is 0 Å². The summed E-state index contributed by atoms with van der Waals surface area (Å²) in [6, 6.07) is 2.17. The first-order valence-corrected chi connectivity index (χ1v) is 7.09. The van der Waals surface area contributed by atoms with Gasteiger partial charge in [0.1, 0.15) is 17.0 Å². The number of hydrogen-bond acceptors (Lipinski definition) is 4. The minimum atomic E-state index is 0.244. The van der Waals surface area contributed by atoms with Gasteiger partial charge in [0.05, 0.1) is 10.8 Å². The van der Waals surface area contributed by atoms with Crippen LogP contribution in [0.1, 0.15) is 17.7 Å². The number of nitrogens with zero attached hydrogens (tertiary/aromatic N) is 3. The number of thiophene rings is 1. The Kier molecular flexibility index (Phi) is 2.92. The molecular formula is C12H14ClN3S. The molecule has 1 fully saturated rings. The molecule has 5 heteroatoms. The molecule has 17 heavy (non-hydrogen) atoms. The fraction of sp³-hybridized carbons (Fsp3) is 0.500. The van der Waals surface area contributed by atoms with Gasteiger partial charge in [-0.3, -0.25) is 0 Å². The van der Waals surface area contributed by atoms with E-state index in [9.17, 15) is 0 Å². The maximum atomic E-state index is 6.24. The number of rotatable bonds is 1. The predicted molar refractivity (Wildman–Crippen MR) is 73.2 cm³/mol. The summed E-state index contributed by atoms with van der Waals surface area (Å²) in [6.07, 6.45) is 3.91. The molecule has 1 unspecified atom stereocenters. The van der Waals surface area contributed by atoms with Crippen molar-refractivity contribution >= 4 is 39.0 Å². The van der Waals surface area contributed by atoms with Crippen LogP contribution in [0.25, 0.3) is 10.2 Å². The number of aryl methyl sites for hydroxylation is 1. The molecule has 0 aromatic carbocycles. The average Bonchev–Trinajstić information content (AvgIpc) is 2.68. The summed E-state index contributed by atoms with van der Waals surface area (Å²) >= 11 is 7.96. The standard InChI is InChI=1S/C12H14ClN3S/c1-8-5-10-11(14-7-15-12(10)17-8)16-4-2-3-9(13)6-16/h5,7,9H,2-4,6H2,1H3. The first-order valence-electron chi connectivity index (χ1n) is 5.84. The highest BCUT2D eigenvalue weighted by molar-refractivity contribution is 7.18. The molecule has 0 saturated carbocycles. The summed E-state index contributed by atoms with van der Waals surface area (Å²) in [5, 5.41) is 1.41. The van der Waals surface area contributed by atoms with Crippen LogP contribution in [0, 0.1) is 6.92 Å². The Hall–Kier alpha value is -0.870.